The quantitative estimate of drug-likeness (QED) is 0.357. The summed E-state index contributed by atoms with van der Waals surface area (Å²) in [7, 11) is 0. The second-order valence-corrected chi connectivity index (χ2v) is 10.6. The van der Waals surface area contributed by atoms with Gasteiger partial charge >= 0.3 is 0 Å². The van der Waals surface area contributed by atoms with Crippen LogP contribution in [0.15, 0.2) is 66.7 Å². The fourth-order valence-corrected chi connectivity index (χ4v) is 7.36. The van der Waals surface area contributed by atoms with Crippen LogP contribution in [0.4, 0.5) is 11.4 Å². The van der Waals surface area contributed by atoms with Gasteiger partial charge in [-0.2, -0.15) is 0 Å². The smallest absolute Gasteiger partial charge is 0.0449 e. The minimum atomic E-state index is 0.169. The van der Waals surface area contributed by atoms with Crippen molar-refractivity contribution in [2.24, 2.45) is 0 Å². The minimum absolute atomic E-state index is 0.169. The third kappa shape index (κ3) is 3.11. The van der Waals surface area contributed by atoms with E-state index in [0.717, 1.165) is 0 Å². The number of hydrogen-bond donors (Lipinski definition) is 0. The number of unbranched alkanes of at least 4 members (excludes halogenated alkanes) is 2. The largest absolute Gasteiger partial charge is 0.338 e. The zero-order chi connectivity index (χ0) is 22.4. The van der Waals surface area contributed by atoms with Crippen LogP contribution in [0.2, 0.25) is 0 Å². The monoisotopic (exact) mass is 435 g/mol. The van der Waals surface area contributed by atoms with Crippen LogP contribution in [0.25, 0.3) is 11.1 Å². The molecule has 0 saturated heterocycles. The number of para-hydroxylation sites is 1. The Hall–Kier alpha value is -2.54. The van der Waals surface area contributed by atoms with Crippen molar-refractivity contribution in [3.8, 4) is 11.1 Å². The molecule has 2 unspecified atom stereocenters. The Bertz CT molecular complexity index is 1150. The third-order valence-electron chi connectivity index (χ3n) is 8.85. The summed E-state index contributed by atoms with van der Waals surface area (Å²) in [6, 6.07) is 26.6. The molecule has 1 fully saturated rings. The fourth-order valence-electron chi connectivity index (χ4n) is 7.36. The van der Waals surface area contributed by atoms with Crippen LogP contribution in [0.1, 0.15) is 94.2 Å². The first-order valence-corrected chi connectivity index (χ1v) is 13.4. The van der Waals surface area contributed by atoms with Gasteiger partial charge in [0, 0.05) is 28.7 Å². The fraction of sp³-hybridized carbons (Fsp3) is 0.438. The molecule has 2 aliphatic carbocycles. The summed E-state index contributed by atoms with van der Waals surface area (Å²) < 4.78 is 0. The van der Waals surface area contributed by atoms with Gasteiger partial charge in [-0.15, -0.1) is 0 Å². The predicted octanol–water partition coefficient (Wildman–Crippen LogP) is 9.12. The van der Waals surface area contributed by atoms with Crippen molar-refractivity contribution in [2.45, 2.75) is 89.0 Å². The summed E-state index contributed by atoms with van der Waals surface area (Å²) in [5.41, 5.74) is 10.8. The number of rotatable bonds is 7. The second-order valence-electron chi connectivity index (χ2n) is 10.6. The van der Waals surface area contributed by atoms with Gasteiger partial charge in [0.1, 0.15) is 0 Å². The molecule has 1 heteroatoms. The molecule has 33 heavy (non-hydrogen) atoms. The first kappa shape index (κ1) is 21.0. The average Bonchev–Trinajstić information content (AvgIpc) is 3.52. The van der Waals surface area contributed by atoms with Crippen LogP contribution in [-0.2, 0) is 5.41 Å². The van der Waals surface area contributed by atoms with Crippen LogP contribution in [0.5, 0.6) is 0 Å². The molecule has 0 spiro atoms. The minimum Gasteiger partial charge on any atom is -0.338 e. The Labute approximate surface area is 199 Å². The molecule has 0 N–H and O–H groups in total. The Kier molecular flexibility index (Phi) is 5.32. The van der Waals surface area contributed by atoms with E-state index in [0.29, 0.717) is 12.0 Å². The van der Waals surface area contributed by atoms with Gasteiger partial charge in [0.2, 0.25) is 0 Å². The standard InChI is InChI=1S/C32H37N/c1-3-5-20-32(21-6-4-2)28-15-9-7-12-24(28)25-19-18-23(22-29(25)32)33-30-16-10-8-13-26(30)27-14-11-17-31(27)33/h7-10,12-13,15-16,18-19,22,27,31H,3-6,11,14,17,20-21H2,1-2H3. The van der Waals surface area contributed by atoms with Gasteiger partial charge in [0.25, 0.3) is 0 Å². The van der Waals surface area contributed by atoms with Gasteiger partial charge in [-0.25, -0.2) is 0 Å². The molecule has 1 heterocycles. The highest BCUT2D eigenvalue weighted by Crippen LogP contribution is 2.57. The zero-order valence-corrected chi connectivity index (χ0v) is 20.3. The maximum atomic E-state index is 2.71. The Balaban J connectivity index is 1.51. The van der Waals surface area contributed by atoms with E-state index >= 15 is 0 Å². The van der Waals surface area contributed by atoms with Gasteiger partial charge in [-0.05, 0) is 71.7 Å². The molecule has 0 aromatic heterocycles. The van der Waals surface area contributed by atoms with E-state index in [1.807, 2.05) is 0 Å². The van der Waals surface area contributed by atoms with Crippen LogP contribution in [-0.4, -0.2) is 6.04 Å². The number of benzene rings is 3. The zero-order valence-electron chi connectivity index (χ0n) is 20.3. The van der Waals surface area contributed by atoms with E-state index in [1.165, 1.54) is 80.3 Å². The topological polar surface area (TPSA) is 3.24 Å². The van der Waals surface area contributed by atoms with Gasteiger partial charge in [-0.1, -0.05) is 94.5 Å². The molecule has 3 aliphatic rings. The van der Waals surface area contributed by atoms with Crippen molar-refractivity contribution in [1.82, 2.24) is 0 Å². The third-order valence-corrected chi connectivity index (χ3v) is 8.85. The molecular weight excluding hydrogens is 398 g/mol. The van der Waals surface area contributed by atoms with Crippen molar-refractivity contribution in [3.63, 3.8) is 0 Å². The highest BCUT2D eigenvalue weighted by molar-refractivity contribution is 5.84. The summed E-state index contributed by atoms with van der Waals surface area (Å²) in [4.78, 5) is 2.71. The predicted molar refractivity (Wildman–Crippen MR) is 141 cm³/mol. The summed E-state index contributed by atoms with van der Waals surface area (Å²) >= 11 is 0. The van der Waals surface area contributed by atoms with E-state index in [-0.39, 0.29) is 5.41 Å². The summed E-state index contributed by atoms with van der Waals surface area (Å²) in [6.07, 6.45) is 11.6. The van der Waals surface area contributed by atoms with E-state index in [4.69, 9.17) is 0 Å². The molecule has 170 valence electrons. The van der Waals surface area contributed by atoms with Crippen LogP contribution < -0.4 is 4.90 Å². The highest BCUT2D eigenvalue weighted by Gasteiger charge is 2.45. The lowest BCUT2D eigenvalue weighted by Gasteiger charge is -2.34. The number of nitrogens with zero attached hydrogens (tertiary/aromatic N) is 1. The lowest BCUT2D eigenvalue weighted by molar-refractivity contribution is 0.414. The first-order chi connectivity index (χ1) is 16.3. The maximum absolute atomic E-state index is 2.71. The summed E-state index contributed by atoms with van der Waals surface area (Å²) in [5, 5.41) is 0. The molecular formula is C32H37N. The second kappa shape index (κ2) is 8.35. The lowest BCUT2D eigenvalue weighted by Crippen LogP contribution is -2.28. The van der Waals surface area contributed by atoms with Crippen LogP contribution in [0.3, 0.4) is 0 Å². The van der Waals surface area contributed by atoms with Gasteiger partial charge in [-0.3, -0.25) is 0 Å². The Morgan fingerprint density at radius 2 is 1.52 bits per heavy atom. The van der Waals surface area contributed by atoms with E-state index in [9.17, 15) is 0 Å². The van der Waals surface area contributed by atoms with Crippen LogP contribution in [0, 0.1) is 0 Å². The maximum Gasteiger partial charge on any atom is 0.0449 e. The number of anilines is 2. The number of hydrogen-bond acceptors (Lipinski definition) is 1. The summed E-state index contributed by atoms with van der Waals surface area (Å²) in [5.74, 6) is 0.705. The molecule has 1 nitrogen and oxygen atoms in total. The highest BCUT2D eigenvalue weighted by atomic mass is 15.2. The SMILES string of the molecule is CCCCC1(CCCC)c2ccccc2-c2ccc(N3c4ccccc4C4CCCC43)cc21. The molecule has 3 aromatic rings. The normalized spacial score (nSPS) is 21.6. The van der Waals surface area contributed by atoms with Crippen molar-refractivity contribution in [1.29, 1.82) is 0 Å². The average molecular weight is 436 g/mol. The molecule has 2 atom stereocenters. The van der Waals surface area contributed by atoms with Crippen molar-refractivity contribution >= 4 is 11.4 Å². The molecule has 1 aliphatic heterocycles. The number of fused-ring (bicyclic) bond motifs is 6. The Morgan fingerprint density at radius 1 is 0.788 bits per heavy atom. The van der Waals surface area contributed by atoms with Gasteiger partial charge in [0.05, 0.1) is 0 Å². The van der Waals surface area contributed by atoms with Gasteiger partial charge < -0.3 is 4.90 Å². The Morgan fingerprint density at radius 3 is 2.33 bits per heavy atom. The molecule has 0 radical (unpaired) electrons. The van der Waals surface area contributed by atoms with E-state index < -0.39 is 0 Å². The van der Waals surface area contributed by atoms with Crippen LogP contribution >= 0.6 is 0 Å². The molecule has 6 rings (SSSR count). The van der Waals surface area contributed by atoms with Crippen molar-refractivity contribution < 1.29 is 0 Å². The van der Waals surface area contributed by atoms with Crippen molar-refractivity contribution in [3.05, 3.63) is 83.4 Å². The van der Waals surface area contributed by atoms with Crippen molar-refractivity contribution in [2.75, 3.05) is 4.90 Å². The van der Waals surface area contributed by atoms with Gasteiger partial charge in [0.15, 0.2) is 0 Å². The molecule has 1 saturated carbocycles. The van der Waals surface area contributed by atoms with E-state index in [1.54, 1.807) is 16.7 Å². The van der Waals surface area contributed by atoms with E-state index in [2.05, 4.69) is 85.5 Å². The summed E-state index contributed by atoms with van der Waals surface area (Å²) in [6.45, 7) is 4.68. The molecule has 3 aromatic carbocycles. The molecule has 0 amide bonds. The molecule has 0 bridgehead atoms. The first-order valence-electron chi connectivity index (χ1n) is 13.4. The lowest BCUT2D eigenvalue weighted by atomic mass is 9.71.